The summed E-state index contributed by atoms with van der Waals surface area (Å²) in [5.74, 6) is 0.757. The fourth-order valence-electron chi connectivity index (χ4n) is 3.01. The number of aromatic nitrogens is 1. The molecular formula is C22H18N2O5. The van der Waals surface area contributed by atoms with Crippen LogP contribution in [0, 0.1) is 0 Å². The maximum Gasteiger partial charge on any atom is 0.344 e. The number of fused-ring (bicyclic) bond motifs is 3. The predicted octanol–water partition coefficient (Wildman–Crippen LogP) is 3.05. The van der Waals surface area contributed by atoms with Crippen molar-refractivity contribution in [1.82, 2.24) is 10.3 Å². The van der Waals surface area contributed by atoms with Gasteiger partial charge in [0.2, 0.25) is 0 Å². The molecule has 146 valence electrons. The third-order valence-electron chi connectivity index (χ3n) is 4.47. The summed E-state index contributed by atoms with van der Waals surface area (Å²) in [6.45, 7) is 0.221. The van der Waals surface area contributed by atoms with Crippen molar-refractivity contribution in [1.29, 1.82) is 0 Å². The Hall–Kier alpha value is -3.87. The SMILES string of the molecule is COc1ccc2c(c1)c(=O)oc1cc(OCC(=O)NCc3cccnc3)ccc12. The first-order chi connectivity index (χ1) is 14.1. The maximum atomic E-state index is 12.3. The number of rotatable bonds is 6. The van der Waals surface area contributed by atoms with Gasteiger partial charge in [-0.1, -0.05) is 6.07 Å². The van der Waals surface area contributed by atoms with Crippen LogP contribution in [0.4, 0.5) is 0 Å². The summed E-state index contributed by atoms with van der Waals surface area (Å²) in [6, 6.07) is 14.1. The Balaban J connectivity index is 1.49. The van der Waals surface area contributed by atoms with Crippen molar-refractivity contribution in [3.05, 3.63) is 76.9 Å². The topological polar surface area (TPSA) is 90.7 Å². The van der Waals surface area contributed by atoms with Gasteiger partial charge < -0.3 is 19.2 Å². The van der Waals surface area contributed by atoms with E-state index in [2.05, 4.69) is 10.3 Å². The highest BCUT2D eigenvalue weighted by Gasteiger charge is 2.10. The molecule has 1 amide bonds. The summed E-state index contributed by atoms with van der Waals surface area (Å²) in [5, 5.41) is 4.74. The van der Waals surface area contributed by atoms with Gasteiger partial charge in [0.1, 0.15) is 17.1 Å². The van der Waals surface area contributed by atoms with Gasteiger partial charge in [-0.05, 0) is 42.0 Å². The number of pyridine rings is 1. The molecule has 0 fully saturated rings. The average molecular weight is 390 g/mol. The van der Waals surface area contributed by atoms with Crippen molar-refractivity contribution < 1.29 is 18.7 Å². The van der Waals surface area contributed by atoms with Crippen molar-refractivity contribution in [2.24, 2.45) is 0 Å². The minimum atomic E-state index is -0.460. The largest absolute Gasteiger partial charge is 0.497 e. The van der Waals surface area contributed by atoms with E-state index in [4.69, 9.17) is 13.9 Å². The van der Waals surface area contributed by atoms with Crippen molar-refractivity contribution in [3.8, 4) is 11.5 Å². The molecule has 0 aliphatic carbocycles. The number of amides is 1. The lowest BCUT2D eigenvalue weighted by atomic mass is 10.1. The van der Waals surface area contributed by atoms with Gasteiger partial charge >= 0.3 is 5.63 Å². The number of methoxy groups -OCH3 is 1. The molecule has 4 aromatic rings. The fraction of sp³-hybridized carbons (Fsp3) is 0.136. The first-order valence-corrected chi connectivity index (χ1v) is 8.97. The molecule has 2 aromatic heterocycles. The van der Waals surface area contributed by atoms with E-state index < -0.39 is 5.63 Å². The van der Waals surface area contributed by atoms with Crippen LogP contribution < -0.4 is 20.4 Å². The van der Waals surface area contributed by atoms with E-state index in [1.54, 1.807) is 55.9 Å². The molecule has 0 unspecified atom stereocenters. The summed E-state index contributed by atoms with van der Waals surface area (Å²) in [4.78, 5) is 28.3. The minimum absolute atomic E-state index is 0.152. The molecule has 0 radical (unpaired) electrons. The minimum Gasteiger partial charge on any atom is -0.497 e. The lowest BCUT2D eigenvalue weighted by molar-refractivity contribution is -0.123. The second kappa shape index (κ2) is 8.02. The third kappa shape index (κ3) is 4.03. The van der Waals surface area contributed by atoms with Crippen molar-refractivity contribution in [2.45, 2.75) is 6.54 Å². The molecule has 0 saturated carbocycles. The zero-order chi connectivity index (χ0) is 20.2. The van der Waals surface area contributed by atoms with Gasteiger partial charge in [0, 0.05) is 35.8 Å². The molecular weight excluding hydrogens is 372 g/mol. The zero-order valence-electron chi connectivity index (χ0n) is 15.7. The van der Waals surface area contributed by atoms with E-state index in [-0.39, 0.29) is 12.5 Å². The molecule has 0 spiro atoms. The molecule has 7 heteroatoms. The monoisotopic (exact) mass is 390 g/mol. The van der Waals surface area contributed by atoms with E-state index in [9.17, 15) is 9.59 Å². The van der Waals surface area contributed by atoms with Gasteiger partial charge in [-0.15, -0.1) is 0 Å². The molecule has 0 aliphatic rings. The highest BCUT2D eigenvalue weighted by molar-refractivity contribution is 6.04. The standard InChI is InChI=1S/C22H18N2O5/c1-27-15-4-6-17-18-7-5-16(10-20(18)29-22(26)19(17)9-15)28-13-21(25)24-12-14-3-2-8-23-11-14/h2-11H,12-13H2,1H3,(H,24,25). The number of carbonyl (C=O) groups excluding carboxylic acids is 1. The summed E-state index contributed by atoms with van der Waals surface area (Å²) in [7, 11) is 1.54. The van der Waals surface area contributed by atoms with Gasteiger partial charge in [-0.2, -0.15) is 0 Å². The van der Waals surface area contributed by atoms with Gasteiger partial charge in [0.15, 0.2) is 6.61 Å². The quantitative estimate of drug-likeness (QED) is 0.402. The summed E-state index contributed by atoms with van der Waals surface area (Å²) < 4.78 is 16.1. The molecule has 4 rings (SSSR count). The number of ether oxygens (including phenoxy) is 2. The Morgan fingerprint density at radius 2 is 1.90 bits per heavy atom. The van der Waals surface area contributed by atoms with Gasteiger partial charge in [0.25, 0.3) is 5.91 Å². The molecule has 1 N–H and O–H groups in total. The highest BCUT2D eigenvalue weighted by Crippen LogP contribution is 2.28. The number of benzene rings is 2. The number of hydrogen-bond donors (Lipinski definition) is 1. The predicted molar refractivity (Wildman–Crippen MR) is 108 cm³/mol. The molecule has 29 heavy (non-hydrogen) atoms. The molecule has 2 aromatic carbocycles. The summed E-state index contributed by atoms with van der Waals surface area (Å²) >= 11 is 0. The van der Waals surface area contributed by atoms with Crippen LogP contribution in [-0.2, 0) is 11.3 Å². The van der Waals surface area contributed by atoms with E-state index in [0.717, 1.165) is 16.3 Å². The average Bonchev–Trinajstić information content (AvgIpc) is 2.76. The first kappa shape index (κ1) is 18.5. The van der Waals surface area contributed by atoms with E-state index in [0.29, 0.717) is 29.0 Å². The number of nitrogens with zero attached hydrogens (tertiary/aromatic N) is 1. The third-order valence-corrected chi connectivity index (χ3v) is 4.47. The van der Waals surface area contributed by atoms with E-state index in [1.807, 2.05) is 12.1 Å². The van der Waals surface area contributed by atoms with Crippen molar-refractivity contribution in [2.75, 3.05) is 13.7 Å². The summed E-state index contributed by atoms with van der Waals surface area (Å²) in [6.07, 6.45) is 3.36. The zero-order valence-corrected chi connectivity index (χ0v) is 15.7. The molecule has 2 heterocycles. The first-order valence-electron chi connectivity index (χ1n) is 8.97. The second-order valence-corrected chi connectivity index (χ2v) is 6.39. The van der Waals surface area contributed by atoms with Crippen LogP contribution in [0.2, 0.25) is 0 Å². The van der Waals surface area contributed by atoms with E-state index in [1.165, 1.54) is 0 Å². The van der Waals surface area contributed by atoms with Crippen LogP contribution in [0.15, 0.2) is 70.1 Å². The lowest BCUT2D eigenvalue weighted by Crippen LogP contribution is -2.28. The van der Waals surface area contributed by atoms with Crippen LogP contribution >= 0.6 is 0 Å². The molecule has 0 bridgehead atoms. The number of carbonyl (C=O) groups is 1. The number of hydrogen-bond acceptors (Lipinski definition) is 6. The van der Waals surface area contributed by atoms with Crippen molar-refractivity contribution >= 4 is 27.6 Å². The number of nitrogens with one attached hydrogen (secondary N) is 1. The van der Waals surface area contributed by atoms with Gasteiger partial charge in [0.05, 0.1) is 12.5 Å². The molecule has 0 atom stereocenters. The van der Waals surface area contributed by atoms with Crippen LogP contribution in [-0.4, -0.2) is 24.6 Å². The Labute approximate surface area is 165 Å². The highest BCUT2D eigenvalue weighted by atomic mass is 16.5. The lowest BCUT2D eigenvalue weighted by Gasteiger charge is -2.09. The smallest absolute Gasteiger partial charge is 0.344 e. The molecule has 0 aliphatic heterocycles. The molecule has 7 nitrogen and oxygen atoms in total. The normalized spacial score (nSPS) is 10.8. The van der Waals surface area contributed by atoms with Crippen LogP contribution in [0.25, 0.3) is 21.7 Å². The maximum absolute atomic E-state index is 12.3. The second-order valence-electron chi connectivity index (χ2n) is 6.39. The van der Waals surface area contributed by atoms with Crippen LogP contribution in [0.1, 0.15) is 5.56 Å². The Morgan fingerprint density at radius 1 is 1.07 bits per heavy atom. The van der Waals surface area contributed by atoms with Gasteiger partial charge in [-0.3, -0.25) is 9.78 Å². The molecule has 0 saturated heterocycles. The Kier molecular flexibility index (Phi) is 5.11. The Bertz CT molecular complexity index is 1230. The van der Waals surface area contributed by atoms with Crippen LogP contribution in [0.3, 0.4) is 0 Å². The Morgan fingerprint density at radius 3 is 2.69 bits per heavy atom. The van der Waals surface area contributed by atoms with Gasteiger partial charge in [-0.25, -0.2) is 4.79 Å². The van der Waals surface area contributed by atoms with Crippen molar-refractivity contribution in [3.63, 3.8) is 0 Å². The summed E-state index contributed by atoms with van der Waals surface area (Å²) in [5.41, 5.74) is 0.829. The fourth-order valence-corrected chi connectivity index (χ4v) is 3.01. The van der Waals surface area contributed by atoms with E-state index >= 15 is 0 Å². The van der Waals surface area contributed by atoms with Crippen LogP contribution in [0.5, 0.6) is 11.5 Å².